The summed E-state index contributed by atoms with van der Waals surface area (Å²) >= 11 is 3.49. The lowest BCUT2D eigenvalue weighted by molar-refractivity contribution is 0.380. The van der Waals surface area contributed by atoms with Crippen molar-refractivity contribution >= 4 is 28.6 Å². The number of thiazole rings is 1. The lowest BCUT2D eigenvalue weighted by atomic mass is 10.1. The number of rotatable bonds is 8. The summed E-state index contributed by atoms with van der Waals surface area (Å²) < 4.78 is 5.43. The molecule has 0 unspecified atom stereocenters. The highest BCUT2D eigenvalue weighted by molar-refractivity contribution is 7.16. The SMILES string of the molecule is CCc1noc(CC)c1CNC(=NC)NCCc1ccc(-c2csc(C)n2)s1. The molecule has 8 heteroatoms. The van der Waals surface area contributed by atoms with Crippen LogP contribution < -0.4 is 10.6 Å². The van der Waals surface area contributed by atoms with Gasteiger partial charge in [-0.2, -0.15) is 0 Å². The minimum absolute atomic E-state index is 0.668. The first kappa shape index (κ1) is 20.5. The molecule has 0 aliphatic rings. The number of hydrogen-bond acceptors (Lipinski definition) is 6. The van der Waals surface area contributed by atoms with Crippen LogP contribution in [0.2, 0.25) is 0 Å². The largest absolute Gasteiger partial charge is 0.361 e. The Morgan fingerprint density at radius 3 is 2.75 bits per heavy atom. The van der Waals surface area contributed by atoms with Crippen LogP contribution in [0.15, 0.2) is 27.0 Å². The van der Waals surface area contributed by atoms with E-state index in [2.05, 4.69) is 57.1 Å². The molecule has 0 atom stereocenters. The smallest absolute Gasteiger partial charge is 0.191 e. The zero-order valence-electron chi connectivity index (χ0n) is 16.8. The normalized spacial score (nSPS) is 11.8. The van der Waals surface area contributed by atoms with Gasteiger partial charge in [0.05, 0.1) is 21.3 Å². The van der Waals surface area contributed by atoms with Gasteiger partial charge in [-0.1, -0.05) is 19.0 Å². The Morgan fingerprint density at radius 1 is 1.21 bits per heavy atom. The summed E-state index contributed by atoms with van der Waals surface area (Å²) in [6.45, 7) is 7.70. The molecule has 3 heterocycles. The molecule has 0 bridgehead atoms. The predicted octanol–water partition coefficient (Wildman–Crippen LogP) is 4.20. The number of guanidine groups is 1. The molecule has 0 aliphatic carbocycles. The van der Waals surface area contributed by atoms with E-state index in [1.807, 2.05) is 6.92 Å². The zero-order chi connectivity index (χ0) is 19.9. The molecule has 2 N–H and O–H groups in total. The monoisotopic (exact) mass is 417 g/mol. The van der Waals surface area contributed by atoms with Gasteiger partial charge in [-0.25, -0.2) is 4.98 Å². The highest BCUT2D eigenvalue weighted by Gasteiger charge is 2.13. The minimum atomic E-state index is 0.668. The van der Waals surface area contributed by atoms with Crippen molar-refractivity contribution in [3.8, 4) is 10.6 Å². The first-order valence-electron chi connectivity index (χ1n) is 9.56. The van der Waals surface area contributed by atoms with Gasteiger partial charge >= 0.3 is 0 Å². The summed E-state index contributed by atoms with van der Waals surface area (Å²) in [7, 11) is 1.79. The molecular weight excluding hydrogens is 390 g/mol. The van der Waals surface area contributed by atoms with Crippen molar-refractivity contribution in [3.63, 3.8) is 0 Å². The van der Waals surface area contributed by atoms with Crippen LogP contribution in [0.3, 0.4) is 0 Å². The van der Waals surface area contributed by atoms with Crippen molar-refractivity contribution in [2.75, 3.05) is 13.6 Å². The molecule has 3 aromatic rings. The molecule has 3 rings (SSSR count). The molecule has 6 nitrogen and oxygen atoms in total. The third-order valence-electron chi connectivity index (χ3n) is 4.46. The van der Waals surface area contributed by atoms with Crippen LogP contribution in [0.25, 0.3) is 10.6 Å². The second kappa shape index (κ2) is 9.84. The standard InChI is InChI=1S/C20H27N5OS2/c1-5-16-15(18(6-2)26-25-16)11-23-20(21-4)22-10-9-14-7-8-19(28-14)17-12-27-13(3)24-17/h7-8,12H,5-6,9-11H2,1-4H3,(H2,21,22,23). The van der Waals surface area contributed by atoms with E-state index >= 15 is 0 Å². The number of thiophene rings is 1. The van der Waals surface area contributed by atoms with E-state index in [1.54, 1.807) is 29.7 Å². The number of aromatic nitrogens is 2. The quantitative estimate of drug-likeness (QED) is 0.424. The fraction of sp³-hybridized carbons (Fsp3) is 0.450. The number of hydrogen-bond donors (Lipinski definition) is 2. The zero-order valence-corrected chi connectivity index (χ0v) is 18.5. The second-order valence-corrected chi connectivity index (χ2v) is 8.59. The maximum atomic E-state index is 5.43. The Bertz CT molecular complexity index is 903. The van der Waals surface area contributed by atoms with Crippen LogP contribution in [0.5, 0.6) is 0 Å². The molecule has 28 heavy (non-hydrogen) atoms. The van der Waals surface area contributed by atoms with Gasteiger partial charge in [0, 0.05) is 42.4 Å². The third kappa shape index (κ3) is 4.99. The van der Waals surface area contributed by atoms with E-state index in [-0.39, 0.29) is 0 Å². The molecule has 3 aromatic heterocycles. The third-order valence-corrected chi connectivity index (χ3v) is 6.40. The molecule has 0 radical (unpaired) electrons. The van der Waals surface area contributed by atoms with Crippen LogP contribution in [0.4, 0.5) is 0 Å². The van der Waals surface area contributed by atoms with Crippen LogP contribution >= 0.6 is 22.7 Å². The molecule has 0 amide bonds. The van der Waals surface area contributed by atoms with Gasteiger partial charge in [0.25, 0.3) is 0 Å². The highest BCUT2D eigenvalue weighted by Crippen LogP contribution is 2.29. The van der Waals surface area contributed by atoms with Crippen molar-refractivity contribution in [1.82, 2.24) is 20.8 Å². The average Bonchev–Trinajstić information content (AvgIpc) is 3.43. The molecule has 0 aromatic carbocycles. The summed E-state index contributed by atoms with van der Waals surface area (Å²) in [4.78, 5) is 11.5. The minimum Gasteiger partial charge on any atom is -0.361 e. The summed E-state index contributed by atoms with van der Waals surface area (Å²) in [6, 6.07) is 4.34. The average molecular weight is 418 g/mol. The molecule has 0 saturated heterocycles. The molecular formula is C20H27N5OS2. The second-order valence-electron chi connectivity index (χ2n) is 6.36. The predicted molar refractivity (Wildman–Crippen MR) is 117 cm³/mol. The van der Waals surface area contributed by atoms with Crippen LogP contribution in [0, 0.1) is 6.92 Å². The van der Waals surface area contributed by atoms with Crippen molar-refractivity contribution in [1.29, 1.82) is 0 Å². The van der Waals surface area contributed by atoms with Crippen LogP contribution in [-0.2, 0) is 25.8 Å². The fourth-order valence-electron chi connectivity index (χ4n) is 2.96. The summed E-state index contributed by atoms with van der Waals surface area (Å²) in [6.07, 6.45) is 2.66. The fourth-order valence-corrected chi connectivity index (χ4v) is 4.62. The Kier molecular flexibility index (Phi) is 7.22. The van der Waals surface area contributed by atoms with Gasteiger partial charge in [-0.05, 0) is 31.9 Å². The van der Waals surface area contributed by atoms with E-state index in [0.29, 0.717) is 6.54 Å². The number of aliphatic imine (C=N–C) groups is 1. The Labute approximate surface area is 174 Å². The van der Waals surface area contributed by atoms with Crippen LogP contribution in [-0.4, -0.2) is 29.7 Å². The summed E-state index contributed by atoms with van der Waals surface area (Å²) in [5.74, 6) is 1.74. The maximum absolute atomic E-state index is 5.43. The highest BCUT2D eigenvalue weighted by atomic mass is 32.1. The molecule has 0 aliphatic heterocycles. The summed E-state index contributed by atoms with van der Waals surface area (Å²) in [5, 5.41) is 14.1. The van der Waals surface area contributed by atoms with E-state index in [0.717, 1.165) is 59.5 Å². The van der Waals surface area contributed by atoms with Crippen molar-refractivity contribution in [3.05, 3.63) is 44.4 Å². The Morgan fingerprint density at radius 2 is 2.07 bits per heavy atom. The van der Waals surface area contributed by atoms with Gasteiger partial charge in [-0.15, -0.1) is 22.7 Å². The lowest BCUT2D eigenvalue weighted by Gasteiger charge is -2.11. The maximum Gasteiger partial charge on any atom is 0.191 e. The van der Waals surface area contributed by atoms with Crippen molar-refractivity contribution in [2.45, 2.75) is 46.6 Å². The molecule has 0 fully saturated rings. The lowest BCUT2D eigenvalue weighted by Crippen LogP contribution is -2.38. The molecule has 0 saturated carbocycles. The molecule has 150 valence electrons. The topological polar surface area (TPSA) is 75.3 Å². The number of nitrogens with one attached hydrogen (secondary N) is 2. The summed E-state index contributed by atoms with van der Waals surface area (Å²) in [5.41, 5.74) is 3.24. The Balaban J connectivity index is 1.50. The number of aryl methyl sites for hydroxylation is 3. The van der Waals surface area contributed by atoms with Crippen molar-refractivity contribution < 1.29 is 4.52 Å². The van der Waals surface area contributed by atoms with E-state index < -0.39 is 0 Å². The van der Waals surface area contributed by atoms with Gasteiger partial charge in [0.2, 0.25) is 0 Å². The van der Waals surface area contributed by atoms with Gasteiger partial charge in [0.15, 0.2) is 5.96 Å². The van der Waals surface area contributed by atoms with E-state index in [9.17, 15) is 0 Å². The Hall–Kier alpha value is -2.19. The first-order chi connectivity index (χ1) is 13.6. The number of nitrogens with zero attached hydrogens (tertiary/aromatic N) is 3. The van der Waals surface area contributed by atoms with Crippen LogP contribution in [0.1, 0.15) is 40.7 Å². The molecule has 0 spiro atoms. The van der Waals surface area contributed by atoms with E-state index in [1.165, 1.54) is 9.75 Å². The van der Waals surface area contributed by atoms with Crippen molar-refractivity contribution in [2.24, 2.45) is 4.99 Å². The van der Waals surface area contributed by atoms with Gasteiger partial charge in [-0.3, -0.25) is 4.99 Å². The van der Waals surface area contributed by atoms with Gasteiger partial charge < -0.3 is 15.2 Å². The van der Waals surface area contributed by atoms with E-state index in [4.69, 9.17) is 4.52 Å². The first-order valence-corrected chi connectivity index (χ1v) is 11.3. The van der Waals surface area contributed by atoms with Gasteiger partial charge in [0.1, 0.15) is 5.76 Å².